The molecule has 1 aromatic rings. The number of piperidine rings is 1. The summed E-state index contributed by atoms with van der Waals surface area (Å²) in [7, 11) is 0. The number of rotatable bonds is 3. The lowest BCUT2D eigenvalue weighted by atomic mass is 9.88. The fourth-order valence-corrected chi connectivity index (χ4v) is 3.58. The van der Waals surface area contributed by atoms with Crippen LogP contribution in [0.5, 0.6) is 0 Å². The van der Waals surface area contributed by atoms with Gasteiger partial charge in [0.1, 0.15) is 0 Å². The van der Waals surface area contributed by atoms with Crippen LogP contribution >= 0.6 is 24.0 Å². The van der Waals surface area contributed by atoms with Crippen LogP contribution in [0.2, 0.25) is 5.02 Å². The molecule has 0 bridgehead atoms. The van der Waals surface area contributed by atoms with E-state index in [0.717, 1.165) is 23.5 Å². The molecule has 0 aliphatic carbocycles. The van der Waals surface area contributed by atoms with Crippen molar-refractivity contribution in [2.45, 2.75) is 38.3 Å². The molecule has 2 fully saturated rings. The first-order chi connectivity index (χ1) is 9.33. The van der Waals surface area contributed by atoms with E-state index < -0.39 is 0 Å². The maximum Gasteiger partial charge on any atom is 0.0634 e. The Morgan fingerprint density at radius 3 is 2.75 bits per heavy atom. The molecule has 2 saturated heterocycles. The molecule has 112 valence electrons. The molecule has 2 aliphatic heterocycles. The molecule has 0 radical (unpaired) electrons. The Kier molecular flexibility index (Phi) is 6.09. The SMILES string of the molecule is Cl.Clc1cnccc1CN1CCC(C2CCCN2)CC1. The smallest absolute Gasteiger partial charge is 0.0634 e. The third-order valence-electron chi connectivity index (χ3n) is 4.55. The Hall–Kier alpha value is -0.350. The molecule has 3 rings (SSSR count). The minimum Gasteiger partial charge on any atom is -0.314 e. The lowest BCUT2D eigenvalue weighted by Gasteiger charge is -2.35. The van der Waals surface area contributed by atoms with Crippen molar-refractivity contribution in [1.82, 2.24) is 15.2 Å². The minimum atomic E-state index is 0. The van der Waals surface area contributed by atoms with Crippen LogP contribution in [0.15, 0.2) is 18.5 Å². The molecule has 3 heterocycles. The summed E-state index contributed by atoms with van der Waals surface area (Å²) in [6.45, 7) is 4.58. The molecule has 1 atom stereocenters. The second kappa shape index (κ2) is 7.60. The van der Waals surface area contributed by atoms with Crippen molar-refractivity contribution in [1.29, 1.82) is 0 Å². The first-order valence-corrected chi connectivity index (χ1v) is 7.75. The van der Waals surface area contributed by atoms with E-state index in [4.69, 9.17) is 11.6 Å². The Morgan fingerprint density at radius 1 is 1.30 bits per heavy atom. The van der Waals surface area contributed by atoms with Gasteiger partial charge in [0.25, 0.3) is 0 Å². The van der Waals surface area contributed by atoms with Gasteiger partial charge in [-0.3, -0.25) is 9.88 Å². The summed E-state index contributed by atoms with van der Waals surface area (Å²) in [5, 5.41) is 4.45. The molecular formula is C15H23Cl2N3. The van der Waals surface area contributed by atoms with Gasteiger partial charge in [-0.2, -0.15) is 0 Å². The minimum absolute atomic E-state index is 0. The van der Waals surface area contributed by atoms with Crippen molar-refractivity contribution in [3.05, 3.63) is 29.0 Å². The van der Waals surface area contributed by atoms with Crippen molar-refractivity contribution in [2.24, 2.45) is 5.92 Å². The van der Waals surface area contributed by atoms with Gasteiger partial charge >= 0.3 is 0 Å². The predicted octanol–water partition coefficient (Wildman–Crippen LogP) is 3.12. The topological polar surface area (TPSA) is 28.2 Å². The highest BCUT2D eigenvalue weighted by Gasteiger charge is 2.28. The van der Waals surface area contributed by atoms with Crippen molar-refractivity contribution in [3.8, 4) is 0 Å². The van der Waals surface area contributed by atoms with Crippen LogP contribution in [-0.4, -0.2) is 35.6 Å². The number of nitrogens with zero attached hydrogens (tertiary/aromatic N) is 2. The van der Waals surface area contributed by atoms with Crippen molar-refractivity contribution >= 4 is 24.0 Å². The molecular weight excluding hydrogens is 293 g/mol. The quantitative estimate of drug-likeness (QED) is 0.929. The number of hydrogen-bond donors (Lipinski definition) is 1. The lowest BCUT2D eigenvalue weighted by Crippen LogP contribution is -2.40. The van der Waals surface area contributed by atoms with E-state index in [0.29, 0.717) is 0 Å². The van der Waals surface area contributed by atoms with Crippen LogP contribution in [0.3, 0.4) is 0 Å². The Balaban J connectivity index is 0.00000147. The summed E-state index contributed by atoms with van der Waals surface area (Å²) in [6, 6.07) is 2.82. The Bertz CT molecular complexity index is 413. The fraction of sp³-hybridized carbons (Fsp3) is 0.667. The van der Waals surface area contributed by atoms with Gasteiger partial charge in [-0.05, 0) is 62.9 Å². The zero-order valence-corrected chi connectivity index (χ0v) is 13.3. The van der Waals surface area contributed by atoms with Crippen LogP contribution < -0.4 is 5.32 Å². The lowest BCUT2D eigenvalue weighted by molar-refractivity contribution is 0.157. The van der Waals surface area contributed by atoms with Gasteiger partial charge in [-0.25, -0.2) is 0 Å². The summed E-state index contributed by atoms with van der Waals surface area (Å²) >= 11 is 6.18. The van der Waals surface area contributed by atoms with E-state index in [9.17, 15) is 0 Å². The van der Waals surface area contributed by atoms with Crippen LogP contribution in [0.4, 0.5) is 0 Å². The number of aromatic nitrogens is 1. The molecule has 0 amide bonds. The second-order valence-corrected chi connectivity index (χ2v) is 6.19. The fourth-order valence-electron chi connectivity index (χ4n) is 3.40. The molecule has 1 aromatic heterocycles. The third kappa shape index (κ3) is 3.85. The highest BCUT2D eigenvalue weighted by Crippen LogP contribution is 2.27. The Morgan fingerprint density at radius 2 is 2.10 bits per heavy atom. The average Bonchev–Trinajstić information content (AvgIpc) is 2.96. The van der Waals surface area contributed by atoms with Gasteiger partial charge < -0.3 is 5.32 Å². The normalized spacial score (nSPS) is 24.6. The number of hydrogen-bond acceptors (Lipinski definition) is 3. The van der Waals surface area contributed by atoms with Crippen LogP contribution in [0.25, 0.3) is 0 Å². The summed E-state index contributed by atoms with van der Waals surface area (Å²) in [6.07, 6.45) is 8.95. The van der Waals surface area contributed by atoms with Crippen molar-refractivity contribution in [2.75, 3.05) is 19.6 Å². The molecule has 1 N–H and O–H groups in total. The highest BCUT2D eigenvalue weighted by molar-refractivity contribution is 6.31. The molecule has 20 heavy (non-hydrogen) atoms. The van der Waals surface area contributed by atoms with E-state index in [-0.39, 0.29) is 12.4 Å². The largest absolute Gasteiger partial charge is 0.314 e. The maximum atomic E-state index is 6.18. The van der Waals surface area contributed by atoms with Gasteiger partial charge in [0.2, 0.25) is 0 Å². The van der Waals surface area contributed by atoms with Gasteiger partial charge in [0, 0.05) is 25.0 Å². The van der Waals surface area contributed by atoms with Crippen molar-refractivity contribution < 1.29 is 0 Å². The Labute approximate surface area is 132 Å². The van der Waals surface area contributed by atoms with E-state index >= 15 is 0 Å². The number of likely N-dealkylation sites (tertiary alicyclic amines) is 1. The first-order valence-electron chi connectivity index (χ1n) is 7.37. The van der Waals surface area contributed by atoms with E-state index in [2.05, 4.69) is 15.2 Å². The van der Waals surface area contributed by atoms with E-state index in [1.807, 2.05) is 12.3 Å². The van der Waals surface area contributed by atoms with Crippen molar-refractivity contribution in [3.63, 3.8) is 0 Å². The molecule has 0 saturated carbocycles. The molecule has 0 aromatic carbocycles. The molecule has 3 nitrogen and oxygen atoms in total. The summed E-state index contributed by atoms with van der Waals surface area (Å²) in [4.78, 5) is 6.56. The van der Waals surface area contributed by atoms with E-state index in [1.54, 1.807) is 6.20 Å². The predicted molar refractivity (Wildman–Crippen MR) is 85.5 cm³/mol. The third-order valence-corrected chi connectivity index (χ3v) is 4.89. The van der Waals surface area contributed by atoms with Gasteiger partial charge in [-0.1, -0.05) is 11.6 Å². The summed E-state index contributed by atoms with van der Waals surface area (Å²) in [5.74, 6) is 0.881. The standard InChI is InChI=1S/C15H22ClN3.ClH/c16-14-10-17-7-3-13(14)11-19-8-4-12(5-9-19)15-2-1-6-18-15;/h3,7,10,12,15,18H,1-2,4-6,8-9,11H2;1H. The summed E-state index contributed by atoms with van der Waals surface area (Å²) in [5.41, 5.74) is 1.20. The van der Waals surface area contributed by atoms with Crippen LogP contribution in [0, 0.1) is 5.92 Å². The monoisotopic (exact) mass is 315 g/mol. The van der Waals surface area contributed by atoms with Gasteiger partial charge in [-0.15, -0.1) is 12.4 Å². The van der Waals surface area contributed by atoms with Crippen LogP contribution in [-0.2, 0) is 6.54 Å². The molecule has 5 heteroatoms. The van der Waals surface area contributed by atoms with Gasteiger partial charge in [0.05, 0.1) is 5.02 Å². The average molecular weight is 316 g/mol. The number of nitrogens with one attached hydrogen (secondary N) is 1. The summed E-state index contributed by atoms with van der Waals surface area (Å²) < 4.78 is 0. The highest BCUT2D eigenvalue weighted by atomic mass is 35.5. The number of pyridine rings is 1. The zero-order chi connectivity index (χ0) is 13.1. The second-order valence-electron chi connectivity index (χ2n) is 5.78. The zero-order valence-electron chi connectivity index (χ0n) is 11.7. The van der Waals surface area contributed by atoms with E-state index in [1.165, 1.54) is 50.9 Å². The number of halogens is 2. The molecule has 2 aliphatic rings. The van der Waals surface area contributed by atoms with Crippen LogP contribution in [0.1, 0.15) is 31.2 Å². The van der Waals surface area contributed by atoms with Gasteiger partial charge in [0.15, 0.2) is 0 Å². The maximum absolute atomic E-state index is 6.18. The first kappa shape index (κ1) is 16.0. The molecule has 1 unspecified atom stereocenters. The molecule has 0 spiro atoms.